The van der Waals surface area contributed by atoms with Gasteiger partial charge in [-0.25, -0.2) is 4.79 Å². The summed E-state index contributed by atoms with van der Waals surface area (Å²) in [6.45, 7) is 5.12. The van der Waals surface area contributed by atoms with Gasteiger partial charge in [-0.1, -0.05) is 32.0 Å². The van der Waals surface area contributed by atoms with Crippen LogP contribution in [-0.4, -0.2) is 36.2 Å². The number of hydrogen-bond donors (Lipinski definition) is 3. The highest BCUT2D eigenvalue weighted by Crippen LogP contribution is 2.18. The molecule has 2 amide bonds. The van der Waals surface area contributed by atoms with E-state index in [-0.39, 0.29) is 11.8 Å². The Morgan fingerprint density at radius 2 is 1.87 bits per heavy atom. The lowest BCUT2D eigenvalue weighted by Gasteiger charge is -2.29. The standard InChI is InChI=1S/C17H27N3O3/c1-13(2)12-20(14-8-4-3-5-9-14)16(21)15(19-17(22)23)10-6-7-11-18/h3-5,8-9,13,15,19H,6-7,10-12,18H2,1-2H3,(H,22,23). The molecule has 1 aromatic rings. The van der Waals surface area contributed by atoms with Gasteiger partial charge in [0.15, 0.2) is 0 Å². The maximum absolute atomic E-state index is 12.9. The van der Waals surface area contributed by atoms with Crippen LogP contribution in [0.25, 0.3) is 0 Å². The third-order valence-electron chi connectivity index (χ3n) is 3.42. The fourth-order valence-electron chi connectivity index (χ4n) is 2.38. The van der Waals surface area contributed by atoms with Crippen molar-refractivity contribution in [3.63, 3.8) is 0 Å². The Kier molecular flexibility index (Phi) is 8.11. The molecule has 0 saturated carbocycles. The highest BCUT2D eigenvalue weighted by Gasteiger charge is 2.27. The molecule has 0 bridgehead atoms. The fraction of sp³-hybridized carbons (Fsp3) is 0.529. The van der Waals surface area contributed by atoms with Crippen molar-refractivity contribution in [2.45, 2.75) is 39.2 Å². The zero-order chi connectivity index (χ0) is 17.2. The van der Waals surface area contributed by atoms with E-state index in [1.807, 2.05) is 44.2 Å². The average Bonchev–Trinajstić information content (AvgIpc) is 2.51. The lowest BCUT2D eigenvalue weighted by Crippen LogP contribution is -2.49. The summed E-state index contributed by atoms with van der Waals surface area (Å²) >= 11 is 0. The molecule has 0 fully saturated rings. The van der Waals surface area contributed by atoms with Gasteiger partial charge in [-0.3, -0.25) is 4.79 Å². The van der Waals surface area contributed by atoms with E-state index in [0.29, 0.717) is 25.9 Å². The summed E-state index contributed by atoms with van der Waals surface area (Å²) in [4.78, 5) is 25.6. The Balaban J connectivity index is 2.95. The number of rotatable bonds is 9. The van der Waals surface area contributed by atoms with Crippen molar-refractivity contribution in [1.29, 1.82) is 0 Å². The zero-order valence-corrected chi connectivity index (χ0v) is 13.9. The molecule has 6 nitrogen and oxygen atoms in total. The summed E-state index contributed by atoms with van der Waals surface area (Å²) in [5.74, 6) is 0.0537. The third-order valence-corrected chi connectivity index (χ3v) is 3.42. The third kappa shape index (κ3) is 6.69. The second-order valence-corrected chi connectivity index (χ2v) is 5.96. The van der Waals surface area contributed by atoms with Gasteiger partial charge in [0.1, 0.15) is 6.04 Å². The van der Waals surface area contributed by atoms with Gasteiger partial charge in [-0.2, -0.15) is 0 Å². The van der Waals surface area contributed by atoms with Crippen LogP contribution < -0.4 is 16.0 Å². The van der Waals surface area contributed by atoms with Crippen LogP contribution in [-0.2, 0) is 4.79 Å². The number of carboxylic acid groups (broad SMARTS) is 1. The summed E-state index contributed by atoms with van der Waals surface area (Å²) in [5.41, 5.74) is 6.26. The van der Waals surface area contributed by atoms with Crippen molar-refractivity contribution in [3.8, 4) is 0 Å². The van der Waals surface area contributed by atoms with E-state index in [1.165, 1.54) is 0 Å². The Morgan fingerprint density at radius 3 is 2.39 bits per heavy atom. The summed E-state index contributed by atoms with van der Waals surface area (Å²) in [6, 6.07) is 8.58. The van der Waals surface area contributed by atoms with E-state index >= 15 is 0 Å². The minimum Gasteiger partial charge on any atom is -0.465 e. The number of amides is 2. The highest BCUT2D eigenvalue weighted by atomic mass is 16.4. The van der Waals surface area contributed by atoms with Crippen molar-refractivity contribution in [2.75, 3.05) is 18.0 Å². The summed E-state index contributed by atoms with van der Waals surface area (Å²) in [5, 5.41) is 11.4. The monoisotopic (exact) mass is 321 g/mol. The molecule has 0 aromatic heterocycles. The maximum Gasteiger partial charge on any atom is 0.405 e. The van der Waals surface area contributed by atoms with E-state index in [0.717, 1.165) is 12.1 Å². The molecule has 0 spiro atoms. The first-order chi connectivity index (χ1) is 11.0. The predicted molar refractivity (Wildman–Crippen MR) is 91.5 cm³/mol. The van der Waals surface area contributed by atoms with Crippen molar-refractivity contribution in [1.82, 2.24) is 5.32 Å². The van der Waals surface area contributed by atoms with Gasteiger partial charge in [0.25, 0.3) is 0 Å². The molecular weight excluding hydrogens is 294 g/mol. The van der Waals surface area contributed by atoms with Gasteiger partial charge in [0.05, 0.1) is 0 Å². The molecule has 1 atom stereocenters. The Morgan fingerprint density at radius 1 is 1.22 bits per heavy atom. The molecule has 6 heteroatoms. The largest absolute Gasteiger partial charge is 0.465 e. The lowest BCUT2D eigenvalue weighted by atomic mass is 10.1. The molecule has 4 N–H and O–H groups in total. The first-order valence-electron chi connectivity index (χ1n) is 8.01. The van der Waals surface area contributed by atoms with Gasteiger partial charge >= 0.3 is 6.09 Å². The van der Waals surface area contributed by atoms with Crippen molar-refractivity contribution in [2.24, 2.45) is 11.7 Å². The molecular formula is C17H27N3O3. The van der Waals surface area contributed by atoms with Crippen LogP contribution in [0.3, 0.4) is 0 Å². The number of carbonyl (C=O) groups is 2. The van der Waals surface area contributed by atoms with E-state index in [1.54, 1.807) is 4.90 Å². The first kappa shape index (κ1) is 19.0. The number of nitrogens with zero attached hydrogens (tertiary/aromatic N) is 1. The van der Waals surface area contributed by atoms with Crippen molar-refractivity contribution < 1.29 is 14.7 Å². The molecule has 0 aliphatic carbocycles. The molecule has 0 saturated heterocycles. The number of nitrogens with two attached hydrogens (primary N) is 1. The molecule has 23 heavy (non-hydrogen) atoms. The summed E-state index contributed by atoms with van der Waals surface area (Å²) < 4.78 is 0. The SMILES string of the molecule is CC(C)CN(C(=O)C(CCCCN)NC(=O)O)c1ccccc1. The minimum atomic E-state index is -1.19. The fourth-order valence-corrected chi connectivity index (χ4v) is 2.38. The van der Waals surface area contributed by atoms with Crippen LogP contribution in [0, 0.1) is 5.92 Å². The molecule has 0 heterocycles. The summed E-state index contributed by atoms with van der Waals surface area (Å²) in [7, 11) is 0. The molecule has 1 aromatic carbocycles. The maximum atomic E-state index is 12.9. The number of benzene rings is 1. The number of nitrogens with one attached hydrogen (secondary N) is 1. The number of carbonyl (C=O) groups excluding carboxylic acids is 1. The normalized spacial score (nSPS) is 12.0. The van der Waals surface area contributed by atoms with Gasteiger partial charge in [-0.15, -0.1) is 0 Å². The van der Waals surface area contributed by atoms with Gasteiger partial charge in [0, 0.05) is 12.2 Å². The van der Waals surface area contributed by atoms with Gasteiger partial charge in [0.2, 0.25) is 5.91 Å². The van der Waals surface area contributed by atoms with Crippen LogP contribution in [0.15, 0.2) is 30.3 Å². The molecule has 0 aliphatic rings. The number of hydrogen-bond acceptors (Lipinski definition) is 3. The molecule has 1 rings (SSSR count). The molecule has 1 unspecified atom stereocenters. The highest BCUT2D eigenvalue weighted by molar-refractivity contribution is 5.98. The molecule has 128 valence electrons. The number of anilines is 1. The number of para-hydroxylation sites is 1. The van der Waals surface area contributed by atoms with Crippen LogP contribution in [0.1, 0.15) is 33.1 Å². The topological polar surface area (TPSA) is 95.7 Å². The van der Waals surface area contributed by atoms with Crippen LogP contribution in [0.4, 0.5) is 10.5 Å². The quantitative estimate of drug-likeness (QED) is 0.609. The van der Waals surface area contributed by atoms with Crippen LogP contribution in [0.5, 0.6) is 0 Å². The summed E-state index contributed by atoms with van der Waals surface area (Å²) in [6.07, 6.45) is 0.732. The second-order valence-electron chi connectivity index (χ2n) is 5.96. The van der Waals surface area contributed by atoms with Gasteiger partial charge in [-0.05, 0) is 43.9 Å². The molecule has 0 radical (unpaired) electrons. The van der Waals surface area contributed by atoms with E-state index in [2.05, 4.69) is 5.32 Å². The Hall–Kier alpha value is -2.08. The molecule has 0 aliphatic heterocycles. The average molecular weight is 321 g/mol. The van der Waals surface area contributed by atoms with Crippen molar-refractivity contribution in [3.05, 3.63) is 30.3 Å². The Bertz CT molecular complexity index is 491. The zero-order valence-electron chi connectivity index (χ0n) is 13.9. The van der Waals surface area contributed by atoms with E-state index in [9.17, 15) is 9.59 Å². The minimum absolute atomic E-state index is 0.218. The van der Waals surface area contributed by atoms with Crippen LogP contribution in [0.2, 0.25) is 0 Å². The van der Waals surface area contributed by atoms with Gasteiger partial charge < -0.3 is 21.1 Å². The smallest absolute Gasteiger partial charge is 0.405 e. The lowest BCUT2D eigenvalue weighted by molar-refractivity contribution is -0.120. The van der Waals surface area contributed by atoms with Crippen molar-refractivity contribution >= 4 is 17.7 Å². The van der Waals surface area contributed by atoms with Crippen LogP contribution >= 0.6 is 0 Å². The predicted octanol–water partition coefficient (Wildman–Crippen LogP) is 2.44. The first-order valence-corrected chi connectivity index (χ1v) is 8.01. The number of unbranched alkanes of at least 4 members (excludes halogenated alkanes) is 1. The Labute approximate surface area is 137 Å². The van der Waals surface area contributed by atoms with E-state index < -0.39 is 12.1 Å². The van der Waals surface area contributed by atoms with E-state index in [4.69, 9.17) is 10.8 Å². The second kappa shape index (κ2) is 9.84.